The van der Waals surface area contributed by atoms with E-state index in [4.69, 9.17) is 14.2 Å². The zero-order valence-electron chi connectivity index (χ0n) is 27.1. The summed E-state index contributed by atoms with van der Waals surface area (Å²) in [7, 11) is 0. The van der Waals surface area contributed by atoms with Crippen molar-refractivity contribution in [2.24, 2.45) is 0 Å². The molecule has 0 aromatic carbocycles. The standard InChI is InChI=1S/C34H38F3N5O6S/c1-2-38-33(45)42-28-27(32(44)48-22-13-7-8-14-22)26(30-41-25(18-49-30)34(35,36)37)24(17-39-28)23-15-19(31(43)47-21-11-5-6-12-21)16-40-29(23)46-20-9-3-4-10-20/h15-18,20-22H,2-14H2,1H3,(H2,38,39,42,45). The number of nitrogens with one attached hydrogen (secondary N) is 2. The largest absolute Gasteiger partial charge is 0.474 e. The predicted molar refractivity (Wildman–Crippen MR) is 175 cm³/mol. The lowest BCUT2D eigenvalue weighted by Gasteiger charge is -2.21. The Kier molecular flexibility index (Phi) is 10.7. The van der Waals surface area contributed by atoms with Crippen molar-refractivity contribution >= 4 is 35.1 Å². The number of nitrogens with zero attached hydrogens (tertiary/aromatic N) is 3. The number of ether oxygens (including phenoxy) is 3. The number of amides is 2. The van der Waals surface area contributed by atoms with Gasteiger partial charge in [0.1, 0.15) is 34.7 Å². The van der Waals surface area contributed by atoms with Gasteiger partial charge >= 0.3 is 24.1 Å². The molecule has 0 atom stereocenters. The number of anilines is 1. The molecule has 49 heavy (non-hydrogen) atoms. The topological polar surface area (TPSA) is 142 Å². The summed E-state index contributed by atoms with van der Waals surface area (Å²) in [4.78, 5) is 53.0. The molecule has 6 rings (SSSR count). The molecule has 0 spiro atoms. The minimum absolute atomic E-state index is 0.0651. The van der Waals surface area contributed by atoms with Gasteiger partial charge in [0.2, 0.25) is 5.88 Å². The third-order valence-electron chi connectivity index (χ3n) is 8.97. The summed E-state index contributed by atoms with van der Waals surface area (Å²) in [6.45, 7) is 1.96. The Balaban J connectivity index is 1.55. The van der Waals surface area contributed by atoms with Crippen molar-refractivity contribution in [1.29, 1.82) is 0 Å². The van der Waals surface area contributed by atoms with Crippen molar-refractivity contribution in [2.45, 2.75) is 108 Å². The number of hydrogen-bond donors (Lipinski definition) is 2. The number of halogens is 3. The lowest BCUT2D eigenvalue weighted by Crippen LogP contribution is -2.30. The second kappa shape index (κ2) is 15.1. The minimum Gasteiger partial charge on any atom is -0.474 e. The van der Waals surface area contributed by atoms with Crippen LogP contribution in [0, 0.1) is 0 Å². The number of rotatable bonds is 10. The van der Waals surface area contributed by atoms with E-state index in [2.05, 4.69) is 25.6 Å². The van der Waals surface area contributed by atoms with Gasteiger partial charge in [0.05, 0.1) is 5.56 Å². The first-order valence-corrected chi connectivity index (χ1v) is 17.7. The maximum absolute atomic E-state index is 14.1. The third-order valence-corrected chi connectivity index (χ3v) is 9.83. The van der Waals surface area contributed by atoms with Gasteiger partial charge in [-0.1, -0.05) is 0 Å². The molecule has 3 aromatic heterocycles. The molecular weight excluding hydrogens is 663 g/mol. The van der Waals surface area contributed by atoms with E-state index in [1.165, 1.54) is 18.5 Å². The summed E-state index contributed by atoms with van der Waals surface area (Å²) in [6, 6.07) is 0.818. The number of thiazole rings is 1. The lowest BCUT2D eigenvalue weighted by atomic mass is 9.97. The summed E-state index contributed by atoms with van der Waals surface area (Å²) < 4.78 is 59.6. The Morgan fingerprint density at radius 2 is 1.47 bits per heavy atom. The zero-order chi connectivity index (χ0) is 34.5. The van der Waals surface area contributed by atoms with Crippen LogP contribution in [0.2, 0.25) is 0 Å². The van der Waals surface area contributed by atoms with Gasteiger partial charge in [0.15, 0.2) is 5.69 Å². The fourth-order valence-electron chi connectivity index (χ4n) is 6.52. The number of hydrogen-bond acceptors (Lipinski definition) is 10. The van der Waals surface area contributed by atoms with Crippen molar-refractivity contribution in [3.8, 4) is 27.6 Å². The molecule has 3 aliphatic carbocycles. The van der Waals surface area contributed by atoms with Crippen molar-refractivity contribution < 1.29 is 41.8 Å². The molecule has 3 saturated carbocycles. The molecule has 0 bridgehead atoms. The highest BCUT2D eigenvalue weighted by Crippen LogP contribution is 2.44. The molecule has 2 amide bonds. The molecule has 2 N–H and O–H groups in total. The second-order valence-corrected chi connectivity index (χ2v) is 13.4. The van der Waals surface area contributed by atoms with Gasteiger partial charge in [-0.15, -0.1) is 11.3 Å². The lowest BCUT2D eigenvalue weighted by molar-refractivity contribution is -0.140. The highest BCUT2D eigenvalue weighted by atomic mass is 32.1. The number of esters is 2. The number of alkyl halides is 3. The molecule has 15 heteroatoms. The summed E-state index contributed by atoms with van der Waals surface area (Å²) in [6.07, 6.45) is 6.88. The van der Waals surface area contributed by atoms with Crippen LogP contribution < -0.4 is 15.4 Å². The van der Waals surface area contributed by atoms with Crippen LogP contribution in [0.15, 0.2) is 23.8 Å². The van der Waals surface area contributed by atoms with Crippen LogP contribution in [-0.2, 0) is 15.7 Å². The first kappa shape index (κ1) is 34.6. The highest BCUT2D eigenvalue weighted by molar-refractivity contribution is 7.13. The van der Waals surface area contributed by atoms with E-state index in [-0.39, 0.29) is 63.3 Å². The van der Waals surface area contributed by atoms with E-state index >= 15 is 0 Å². The molecule has 3 heterocycles. The summed E-state index contributed by atoms with van der Waals surface area (Å²) in [5.41, 5.74) is -1.06. The van der Waals surface area contributed by atoms with Crippen molar-refractivity contribution in [3.63, 3.8) is 0 Å². The zero-order valence-corrected chi connectivity index (χ0v) is 27.9. The van der Waals surface area contributed by atoms with Gasteiger partial charge in [-0.3, -0.25) is 5.32 Å². The van der Waals surface area contributed by atoms with E-state index in [9.17, 15) is 27.6 Å². The number of urea groups is 1. The van der Waals surface area contributed by atoms with Gasteiger partial charge < -0.3 is 19.5 Å². The molecule has 262 valence electrons. The number of aromatic nitrogens is 3. The second-order valence-electron chi connectivity index (χ2n) is 12.5. The number of carbonyl (C=O) groups excluding carboxylic acids is 3. The van der Waals surface area contributed by atoms with E-state index in [1.807, 2.05) is 0 Å². The average molecular weight is 702 g/mol. The monoisotopic (exact) mass is 701 g/mol. The molecule has 3 fully saturated rings. The molecule has 0 saturated heterocycles. The van der Waals surface area contributed by atoms with Gasteiger partial charge in [-0.05, 0) is 90.0 Å². The minimum atomic E-state index is -4.77. The molecule has 11 nitrogen and oxygen atoms in total. The first-order valence-electron chi connectivity index (χ1n) is 16.8. The average Bonchev–Trinajstić information content (AvgIpc) is 3.90. The van der Waals surface area contributed by atoms with Crippen LogP contribution in [-0.4, -0.2) is 57.8 Å². The quantitative estimate of drug-likeness (QED) is 0.202. The summed E-state index contributed by atoms with van der Waals surface area (Å²) in [5.74, 6) is -1.60. The van der Waals surface area contributed by atoms with Gasteiger partial charge in [0.25, 0.3) is 0 Å². The Labute approximate surface area is 285 Å². The summed E-state index contributed by atoms with van der Waals surface area (Å²) >= 11 is 0.673. The van der Waals surface area contributed by atoms with Crippen LogP contribution in [0.5, 0.6) is 5.88 Å². The van der Waals surface area contributed by atoms with Crippen molar-refractivity contribution in [2.75, 3.05) is 11.9 Å². The smallest absolute Gasteiger partial charge is 0.434 e. The predicted octanol–water partition coefficient (Wildman–Crippen LogP) is 7.95. The molecule has 3 aliphatic rings. The fourth-order valence-corrected chi connectivity index (χ4v) is 7.41. The Bertz CT molecular complexity index is 1680. The first-order chi connectivity index (χ1) is 23.6. The van der Waals surface area contributed by atoms with Crippen LogP contribution >= 0.6 is 11.3 Å². The van der Waals surface area contributed by atoms with Crippen molar-refractivity contribution in [1.82, 2.24) is 20.3 Å². The van der Waals surface area contributed by atoms with Crippen LogP contribution in [0.3, 0.4) is 0 Å². The highest BCUT2D eigenvalue weighted by Gasteiger charge is 2.37. The summed E-state index contributed by atoms with van der Waals surface area (Å²) in [5, 5.41) is 5.81. The molecule has 0 radical (unpaired) electrons. The molecule has 3 aromatic rings. The third kappa shape index (κ3) is 8.14. The number of pyridine rings is 2. The Hall–Kier alpha value is -4.27. The van der Waals surface area contributed by atoms with Gasteiger partial charge in [-0.2, -0.15) is 13.2 Å². The van der Waals surface area contributed by atoms with E-state index in [0.717, 1.165) is 69.6 Å². The van der Waals surface area contributed by atoms with Gasteiger partial charge in [0, 0.05) is 41.0 Å². The molecule has 0 unspecified atom stereocenters. The number of carbonyl (C=O) groups is 3. The fraction of sp³-hybridized carbons (Fsp3) is 0.529. The van der Waals surface area contributed by atoms with E-state index < -0.39 is 35.9 Å². The maximum atomic E-state index is 14.1. The van der Waals surface area contributed by atoms with E-state index in [0.29, 0.717) is 24.2 Å². The van der Waals surface area contributed by atoms with Crippen LogP contribution in [0.1, 0.15) is 110 Å². The maximum Gasteiger partial charge on any atom is 0.434 e. The Morgan fingerprint density at radius 1 is 0.857 bits per heavy atom. The van der Waals surface area contributed by atoms with Gasteiger partial charge in [-0.25, -0.2) is 29.3 Å². The van der Waals surface area contributed by atoms with Crippen LogP contribution in [0.25, 0.3) is 21.7 Å². The van der Waals surface area contributed by atoms with Crippen molar-refractivity contribution in [3.05, 3.63) is 40.7 Å². The SMILES string of the molecule is CCNC(=O)Nc1ncc(-c2cc(C(=O)OC3CCCC3)cnc2OC2CCCC2)c(-c2nc(C(F)(F)F)cs2)c1C(=O)OC1CCCC1. The molecule has 0 aliphatic heterocycles. The molecular formula is C34H38F3N5O6S. The Morgan fingerprint density at radius 3 is 2.06 bits per heavy atom. The van der Waals surface area contributed by atoms with E-state index in [1.54, 1.807) is 6.92 Å². The van der Waals surface area contributed by atoms with Crippen LogP contribution in [0.4, 0.5) is 23.8 Å². The normalized spacial score (nSPS) is 17.3.